The smallest absolute Gasteiger partial charge is 0.194 e. The number of aromatic nitrogens is 1. The van der Waals surface area contributed by atoms with Gasteiger partial charge in [0.1, 0.15) is 5.82 Å². The van der Waals surface area contributed by atoms with Crippen molar-refractivity contribution in [2.24, 2.45) is 4.99 Å². The topological polar surface area (TPSA) is 43.8 Å². The minimum Gasteiger partial charge on any atom is -0.357 e. The van der Waals surface area contributed by atoms with Crippen LogP contribution < -0.4 is 10.2 Å². The fourth-order valence-electron chi connectivity index (χ4n) is 2.66. The Labute approximate surface area is 167 Å². The molecule has 2 rings (SSSR count). The lowest BCUT2D eigenvalue weighted by Crippen LogP contribution is -2.52. The molecule has 1 saturated heterocycles. The summed E-state index contributed by atoms with van der Waals surface area (Å²) in [5.41, 5.74) is 0. The van der Waals surface area contributed by atoms with Gasteiger partial charge in [-0.1, -0.05) is 6.07 Å². The number of unbranched alkanes of at least 4 members (excludes halogenated alkanes) is 1. The van der Waals surface area contributed by atoms with Gasteiger partial charge in [-0.3, -0.25) is 4.99 Å². The average Bonchev–Trinajstić information content (AvgIpc) is 2.61. The quantitative estimate of drug-likeness (QED) is 0.292. The molecule has 0 unspecified atom stereocenters. The molecule has 1 aromatic rings. The van der Waals surface area contributed by atoms with Crippen LogP contribution in [-0.2, 0) is 0 Å². The molecule has 7 heteroatoms. The van der Waals surface area contributed by atoms with Crippen LogP contribution in [0.15, 0.2) is 29.4 Å². The van der Waals surface area contributed by atoms with Gasteiger partial charge in [0.15, 0.2) is 5.96 Å². The van der Waals surface area contributed by atoms with Crippen LogP contribution in [0.2, 0.25) is 0 Å². The largest absolute Gasteiger partial charge is 0.357 e. The molecular weight excluding hydrogens is 433 g/mol. The summed E-state index contributed by atoms with van der Waals surface area (Å²) in [5.74, 6) is 3.37. The first-order chi connectivity index (χ1) is 11.3. The van der Waals surface area contributed by atoms with Gasteiger partial charge in [-0.2, -0.15) is 11.8 Å². The summed E-state index contributed by atoms with van der Waals surface area (Å²) in [5, 5.41) is 3.43. The number of hydrogen-bond acceptors (Lipinski definition) is 4. The molecule has 1 aliphatic heterocycles. The molecule has 136 valence electrons. The number of pyridine rings is 1. The molecule has 1 fully saturated rings. The van der Waals surface area contributed by atoms with E-state index in [0.29, 0.717) is 0 Å². The van der Waals surface area contributed by atoms with Gasteiger partial charge >= 0.3 is 0 Å². The first-order valence-electron chi connectivity index (χ1n) is 8.53. The number of aliphatic imine (C=N–C) groups is 1. The van der Waals surface area contributed by atoms with Crippen molar-refractivity contribution in [3.8, 4) is 0 Å². The van der Waals surface area contributed by atoms with E-state index in [9.17, 15) is 0 Å². The molecule has 0 aliphatic carbocycles. The van der Waals surface area contributed by atoms with Crippen molar-refractivity contribution in [3.63, 3.8) is 0 Å². The van der Waals surface area contributed by atoms with Crippen molar-refractivity contribution in [2.45, 2.75) is 19.8 Å². The molecule has 0 saturated carbocycles. The Morgan fingerprint density at radius 2 is 2.04 bits per heavy atom. The number of guanidine groups is 1. The maximum absolute atomic E-state index is 4.79. The van der Waals surface area contributed by atoms with E-state index >= 15 is 0 Å². The number of nitrogens with zero attached hydrogens (tertiary/aromatic N) is 4. The molecule has 24 heavy (non-hydrogen) atoms. The summed E-state index contributed by atoms with van der Waals surface area (Å²) in [7, 11) is 0. The molecule has 0 bridgehead atoms. The molecule has 1 aromatic heterocycles. The normalized spacial score (nSPS) is 15.2. The van der Waals surface area contributed by atoms with Gasteiger partial charge in [0.2, 0.25) is 0 Å². The van der Waals surface area contributed by atoms with Crippen LogP contribution >= 0.6 is 35.7 Å². The van der Waals surface area contributed by atoms with Gasteiger partial charge in [0.05, 0.1) is 0 Å². The summed E-state index contributed by atoms with van der Waals surface area (Å²) >= 11 is 1.91. The van der Waals surface area contributed by atoms with Crippen molar-refractivity contribution in [2.75, 3.05) is 56.2 Å². The minimum atomic E-state index is 0. The summed E-state index contributed by atoms with van der Waals surface area (Å²) < 4.78 is 0. The molecule has 0 atom stereocenters. The molecule has 0 spiro atoms. The van der Waals surface area contributed by atoms with Gasteiger partial charge in [-0.05, 0) is 43.9 Å². The van der Waals surface area contributed by atoms with E-state index < -0.39 is 0 Å². The molecule has 0 radical (unpaired) electrons. The zero-order valence-electron chi connectivity index (χ0n) is 14.8. The second-order valence-electron chi connectivity index (χ2n) is 5.60. The molecule has 1 N–H and O–H groups in total. The van der Waals surface area contributed by atoms with Gasteiger partial charge in [0.25, 0.3) is 0 Å². The lowest BCUT2D eigenvalue weighted by atomic mass is 10.3. The van der Waals surface area contributed by atoms with Crippen LogP contribution in [-0.4, -0.2) is 67.1 Å². The molecule has 1 aliphatic rings. The van der Waals surface area contributed by atoms with Crippen molar-refractivity contribution in [3.05, 3.63) is 24.4 Å². The number of anilines is 1. The Hall–Kier alpha value is -0.700. The summed E-state index contributed by atoms with van der Waals surface area (Å²) in [6.45, 7) is 7.95. The average molecular weight is 463 g/mol. The highest BCUT2D eigenvalue weighted by atomic mass is 127. The maximum Gasteiger partial charge on any atom is 0.194 e. The molecule has 5 nitrogen and oxygen atoms in total. The minimum absolute atomic E-state index is 0. The second-order valence-corrected chi connectivity index (χ2v) is 6.58. The van der Waals surface area contributed by atoms with Gasteiger partial charge < -0.3 is 15.1 Å². The van der Waals surface area contributed by atoms with Gasteiger partial charge in [-0.25, -0.2) is 4.98 Å². The highest BCUT2D eigenvalue weighted by Gasteiger charge is 2.20. The van der Waals surface area contributed by atoms with Crippen LogP contribution in [0.1, 0.15) is 19.8 Å². The Bertz CT molecular complexity index is 463. The number of nitrogens with one attached hydrogen (secondary N) is 1. The van der Waals surface area contributed by atoms with Crippen molar-refractivity contribution >= 4 is 47.5 Å². The second kappa shape index (κ2) is 12.6. The fourth-order valence-corrected chi connectivity index (χ4v) is 3.15. The highest BCUT2D eigenvalue weighted by Crippen LogP contribution is 2.12. The lowest BCUT2D eigenvalue weighted by Gasteiger charge is -2.37. The Morgan fingerprint density at radius 3 is 2.67 bits per heavy atom. The summed E-state index contributed by atoms with van der Waals surface area (Å²) in [4.78, 5) is 14.0. The van der Waals surface area contributed by atoms with Crippen LogP contribution in [0, 0.1) is 0 Å². The Morgan fingerprint density at radius 1 is 1.25 bits per heavy atom. The number of halogens is 1. The standard InChI is InChI=1S/C17H29N5S.HI/c1-3-18-17(20-10-6-7-15-23-2)22-13-11-21(12-14-22)16-8-4-5-9-19-16;/h4-5,8-9H,3,6-7,10-15H2,1-2H3,(H,18,20);1H. The Kier molecular flexibility index (Phi) is 11.2. The van der Waals surface area contributed by atoms with Crippen LogP contribution in [0.3, 0.4) is 0 Å². The molecular formula is C17H30IN5S. The summed E-state index contributed by atoms with van der Waals surface area (Å²) in [6.07, 6.45) is 6.44. The third kappa shape index (κ3) is 7.04. The summed E-state index contributed by atoms with van der Waals surface area (Å²) in [6, 6.07) is 6.10. The van der Waals surface area contributed by atoms with Crippen LogP contribution in [0.25, 0.3) is 0 Å². The van der Waals surface area contributed by atoms with E-state index in [4.69, 9.17) is 4.99 Å². The first-order valence-corrected chi connectivity index (χ1v) is 9.92. The van der Waals surface area contributed by atoms with E-state index in [1.165, 1.54) is 18.6 Å². The lowest BCUT2D eigenvalue weighted by molar-refractivity contribution is 0.371. The van der Waals surface area contributed by atoms with Crippen molar-refractivity contribution in [1.82, 2.24) is 15.2 Å². The monoisotopic (exact) mass is 463 g/mol. The fraction of sp³-hybridized carbons (Fsp3) is 0.647. The van der Waals surface area contributed by atoms with E-state index in [2.05, 4.69) is 45.4 Å². The highest BCUT2D eigenvalue weighted by molar-refractivity contribution is 14.0. The number of rotatable bonds is 7. The van der Waals surface area contributed by atoms with Crippen molar-refractivity contribution < 1.29 is 0 Å². The van der Waals surface area contributed by atoms with E-state index in [-0.39, 0.29) is 24.0 Å². The van der Waals surface area contributed by atoms with Crippen molar-refractivity contribution in [1.29, 1.82) is 0 Å². The zero-order valence-corrected chi connectivity index (χ0v) is 17.9. The van der Waals surface area contributed by atoms with Gasteiger partial charge in [0, 0.05) is 45.5 Å². The maximum atomic E-state index is 4.79. The number of piperazine rings is 1. The predicted octanol–water partition coefficient (Wildman–Crippen LogP) is 2.93. The van der Waals surface area contributed by atoms with Crippen LogP contribution in [0.5, 0.6) is 0 Å². The van der Waals surface area contributed by atoms with Crippen LogP contribution in [0.4, 0.5) is 5.82 Å². The van der Waals surface area contributed by atoms with Gasteiger partial charge in [-0.15, -0.1) is 24.0 Å². The van der Waals surface area contributed by atoms with E-state index in [0.717, 1.165) is 51.0 Å². The van der Waals surface area contributed by atoms with E-state index in [1.807, 2.05) is 24.0 Å². The third-order valence-electron chi connectivity index (χ3n) is 3.91. The molecule has 0 amide bonds. The number of thioether (sulfide) groups is 1. The molecule has 0 aromatic carbocycles. The number of hydrogen-bond donors (Lipinski definition) is 1. The SMILES string of the molecule is CCNC(=NCCCCSC)N1CCN(c2ccccn2)CC1.I. The Balaban J connectivity index is 0.00000288. The predicted molar refractivity (Wildman–Crippen MR) is 117 cm³/mol. The first kappa shape index (κ1) is 21.3. The zero-order chi connectivity index (χ0) is 16.3. The van der Waals surface area contributed by atoms with E-state index in [1.54, 1.807) is 0 Å². The third-order valence-corrected chi connectivity index (χ3v) is 4.60. The molecule has 2 heterocycles.